The fourth-order valence-electron chi connectivity index (χ4n) is 4.17. The van der Waals surface area contributed by atoms with Crippen LogP contribution in [0, 0.1) is 17.2 Å². The molecule has 32 heavy (non-hydrogen) atoms. The third-order valence-corrected chi connectivity index (χ3v) is 7.95. The van der Waals surface area contributed by atoms with Gasteiger partial charge in [-0.3, -0.25) is 14.2 Å². The lowest BCUT2D eigenvalue weighted by Gasteiger charge is -2.21. The van der Waals surface area contributed by atoms with Crippen molar-refractivity contribution in [2.45, 2.75) is 51.2 Å². The van der Waals surface area contributed by atoms with E-state index >= 15 is 0 Å². The van der Waals surface area contributed by atoms with Gasteiger partial charge in [-0.15, -0.1) is 11.3 Å². The third-order valence-electron chi connectivity index (χ3n) is 5.84. The van der Waals surface area contributed by atoms with Crippen molar-refractivity contribution in [2.24, 2.45) is 5.92 Å². The normalized spacial score (nSPS) is 15.3. The summed E-state index contributed by atoms with van der Waals surface area (Å²) in [7, 11) is 0. The maximum atomic E-state index is 13.3. The van der Waals surface area contributed by atoms with E-state index in [9.17, 15) is 9.59 Å². The molecule has 166 valence electrons. The molecule has 0 saturated heterocycles. The third kappa shape index (κ3) is 4.45. The number of nitrogens with zero attached hydrogens (tertiary/aromatic N) is 4. The average Bonchev–Trinajstić information content (AvgIpc) is 3.16. The molecule has 3 aromatic rings. The first-order valence-corrected chi connectivity index (χ1v) is 12.7. The Bertz CT molecular complexity index is 1230. The van der Waals surface area contributed by atoms with E-state index in [0.717, 1.165) is 35.2 Å². The van der Waals surface area contributed by atoms with Crippen molar-refractivity contribution in [3.63, 3.8) is 0 Å². The number of aromatic nitrogens is 2. The molecule has 1 aliphatic carbocycles. The summed E-state index contributed by atoms with van der Waals surface area (Å²) in [6, 6.07) is 11.5. The molecule has 0 fully saturated rings. The van der Waals surface area contributed by atoms with E-state index in [-0.39, 0.29) is 23.6 Å². The largest absolute Gasteiger partial charge is 0.311 e. The van der Waals surface area contributed by atoms with Gasteiger partial charge in [0.05, 0.1) is 23.6 Å². The van der Waals surface area contributed by atoms with E-state index in [1.165, 1.54) is 22.2 Å². The van der Waals surface area contributed by atoms with E-state index < -0.39 is 0 Å². The number of benzene rings is 1. The quantitative estimate of drug-likeness (QED) is 0.374. The molecule has 1 aromatic carbocycles. The second-order valence-electron chi connectivity index (χ2n) is 8.05. The van der Waals surface area contributed by atoms with Gasteiger partial charge in [-0.1, -0.05) is 36.9 Å². The molecule has 0 N–H and O–H groups in total. The second kappa shape index (κ2) is 9.88. The number of aryl methyl sites for hydroxylation is 1. The monoisotopic (exact) mass is 466 g/mol. The number of para-hydroxylation sites is 1. The number of fused-ring (bicyclic) bond motifs is 3. The minimum absolute atomic E-state index is 0.00361. The van der Waals surface area contributed by atoms with Crippen molar-refractivity contribution in [3.05, 3.63) is 51.1 Å². The summed E-state index contributed by atoms with van der Waals surface area (Å²) in [4.78, 5) is 34.9. The fraction of sp³-hybridized carbons (Fsp3) is 0.417. The zero-order valence-electron chi connectivity index (χ0n) is 18.3. The number of hydrogen-bond donors (Lipinski definition) is 0. The van der Waals surface area contributed by atoms with Gasteiger partial charge >= 0.3 is 0 Å². The maximum absolute atomic E-state index is 13.3. The van der Waals surface area contributed by atoms with Gasteiger partial charge in [0, 0.05) is 23.7 Å². The lowest BCUT2D eigenvalue weighted by Crippen LogP contribution is -2.33. The van der Waals surface area contributed by atoms with Crippen LogP contribution in [0.1, 0.15) is 37.1 Å². The number of carbonyl (C=O) groups excluding carboxylic acids is 1. The fourth-order valence-corrected chi connectivity index (χ4v) is 6.53. The number of thioether (sulfide) groups is 1. The number of amides is 1. The SMILES string of the molecule is CCn1c(SCC(=O)N(CCC#N)c2ccccc2)nc2sc3c(c2c1=O)CCC(C)C3. The molecule has 0 saturated carbocycles. The topological polar surface area (TPSA) is 79.0 Å². The van der Waals surface area contributed by atoms with Crippen LogP contribution in [0.15, 0.2) is 40.3 Å². The number of carbonyl (C=O) groups is 1. The predicted octanol–water partition coefficient (Wildman–Crippen LogP) is 4.64. The number of anilines is 1. The Hall–Kier alpha value is -2.63. The van der Waals surface area contributed by atoms with Gasteiger partial charge in [-0.2, -0.15) is 5.26 Å². The highest BCUT2D eigenvalue weighted by Gasteiger charge is 2.25. The lowest BCUT2D eigenvalue weighted by atomic mass is 9.89. The number of nitriles is 1. The van der Waals surface area contributed by atoms with E-state index in [1.54, 1.807) is 20.8 Å². The molecule has 4 rings (SSSR count). The van der Waals surface area contributed by atoms with Crippen LogP contribution in [0.2, 0.25) is 0 Å². The number of rotatable bonds is 7. The van der Waals surface area contributed by atoms with Crippen molar-refractivity contribution in [1.82, 2.24) is 9.55 Å². The van der Waals surface area contributed by atoms with Crippen LogP contribution in [-0.4, -0.2) is 27.8 Å². The van der Waals surface area contributed by atoms with Crippen LogP contribution in [0.25, 0.3) is 10.2 Å². The molecule has 8 heteroatoms. The molecule has 2 aromatic heterocycles. The summed E-state index contributed by atoms with van der Waals surface area (Å²) < 4.78 is 1.69. The predicted molar refractivity (Wildman–Crippen MR) is 130 cm³/mol. The minimum atomic E-state index is -0.104. The Kier molecular flexibility index (Phi) is 6.97. The van der Waals surface area contributed by atoms with Gasteiger partial charge in [-0.25, -0.2) is 4.98 Å². The second-order valence-corrected chi connectivity index (χ2v) is 10.1. The van der Waals surface area contributed by atoms with Crippen molar-refractivity contribution in [3.8, 4) is 6.07 Å². The summed E-state index contributed by atoms with van der Waals surface area (Å²) in [6.07, 6.45) is 3.31. The maximum Gasteiger partial charge on any atom is 0.263 e. The summed E-state index contributed by atoms with van der Waals surface area (Å²) >= 11 is 2.93. The van der Waals surface area contributed by atoms with Crippen molar-refractivity contribution < 1.29 is 4.79 Å². The van der Waals surface area contributed by atoms with E-state index in [4.69, 9.17) is 10.2 Å². The van der Waals surface area contributed by atoms with Crippen LogP contribution in [0.3, 0.4) is 0 Å². The van der Waals surface area contributed by atoms with Crippen molar-refractivity contribution in [2.75, 3.05) is 17.2 Å². The molecule has 6 nitrogen and oxygen atoms in total. The lowest BCUT2D eigenvalue weighted by molar-refractivity contribution is -0.116. The Morgan fingerprint density at radius 3 is 2.88 bits per heavy atom. The van der Waals surface area contributed by atoms with Gasteiger partial charge in [0.25, 0.3) is 5.56 Å². The van der Waals surface area contributed by atoms with Crippen LogP contribution >= 0.6 is 23.1 Å². The van der Waals surface area contributed by atoms with Crippen LogP contribution in [0.4, 0.5) is 5.69 Å². The number of hydrogen-bond acceptors (Lipinski definition) is 6. The molecule has 1 aliphatic rings. The highest BCUT2D eigenvalue weighted by Crippen LogP contribution is 2.36. The molecule has 1 amide bonds. The molecule has 0 aliphatic heterocycles. The summed E-state index contributed by atoms with van der Waals surface area (Å²) in [5.41, 5.74) is 1.95. The van der Waals surface area contributed by atoms with E-state index in [1.807, 2.05) is 37.3 Å². The smallest absolute Gasteiger partial charge is 0.263 e. The Labute approximate surface area is 195 Å². The average molecular weight is 467 g/mol. The van der Waals surface area contributed by atoms with Crippen molar-refractivity contribution >= 4 is 44.9 Å². The van der Waals surface area contributed by atoms with E-state index in [0.29, 0.717) is 24.2 Å². The molecule has 1 atom stereocenters. The standard InChI is InChI=1S/C24H26N4O2S2/c1-3-27-23(30)21-18-11-10-16(2)14-19(18)32-22(21)26-24(27)31-15-20(29)28(13-7-12-25)17-8-5-4-6-9-17/h4-6,8-9,16H,3,7,10-11,13-15H2,1-2H3. The van der Waals surface area contributed by atoms with Gasteiger partial charge in [0.1, 0.15) is 4.83 Å². The molecule has 2 heterocycles. The highest BCUT2D eigenvalue weighted by molar-refractivity contribution is 7.99. The molecule has 0 bridgehead atoms. The van der Waals surface area contributed by atoms with Crippen molar-refractivity contribution in [1.29, 1.82) is 5.26 Å². The van der Waals surface area contributed by atoms with E-state index in [2.05, 4.69) is 13.0 Å². The molecule has 0 spiro atoms. The Morgan fingerprint density at radius 2 is 2.16 bits per heavy atom. The Balaban J connectivity index is 1.61. The first-order valence-electron chi connectivity index (χ1n) is 10.9. The summed E-state index contributed by atoms with van der Waals surface area (Å²) in [5.74, 6) is 0.681. The summed E-state index contributed by atoms with van der Waals surface area (Å²) in [5, 5.41) is 10.4. The van der Waals surface area contributed by atoms with Crippen LogP contribution < -0.4 is 10.5 Å². The van der Waals surface area contributed by atoms with Crippen LogP contribution in [0.5, 0.6) is 0 Å². The molecule has 0 radical (unpaired) electrons. The van der Waals surface area contributed by atoms with Gasteiger partial charge < -0.3 is 4.90 Å². The zero-order chi connectivity index (χ0) is 22.7. The van der Waals surface area contributed by atoms with Crippen LogP contribution in [-0.2, 0) is 24.2 Å². The van der Waals surface area contributed by atoms with Gasteiger partial charge in [-0.05, 0) is 49.8 Å². The molecule has 1 unspecified atom stereocenters. The first kappa shape index (κ1) is 22.6. The zero-order valence-corrected chi connectivity index (χ0v) is 20.0. The highest BCUT2D eigenvalue weighted by atomic mass is 32.2. The Morgan fingerprint density at radius 1 is 1.38 bits per heavy atom. The number of thiophene rings is 1. The van der Waals surface area contributed by atoms with Gasteiger partial charge in [0.15, 0.2) is 5.16 Å². The summed E-state index contributed by atoms with van der Waals surface area (Å²) in [6.45, 7) is 5.03. The van der Waals surface area contributed by atoms with Gasteiger partial charge in [0.2, 0.25) is 5.91 Å². The first-order chi connectivity index (χ1) is 15.5. The minimum Gasteiger partial charge on any atom is -0.311 e. The molecular formula is C24H26N4O2S2. The molecular weight excluding hydrogens is 440 g/mol.